The maximum absolute atomic E-state index is 12.6. The summed E-state index contributed by atoms with van der Waals surface area (Å²) in [6.45, 7) is 0. The standard InChI is InChI=1S/C17H17N5OS/c1-20-9-8-19-17(20)24-11-15(23)12(10-18)16-21(2)13-6-4-5-7-14(13)22(16)3/h4-9H,11H2,1-3H3. The number of anilines is 2. The number of imidazole rings is 1. The highest BCUT2D eigenvalue weighted by Crippen LogP contribution is 2.40. The topological polar surface area (TPSA) is 65.2 Å². The van der Waals surface area contributed by atoms with E-state index in [9.17, 15) is 10.1 Å². The molecule has 6 nitrogen and oxygen atoms in total. The SMILES string of the molecule is CN1C(=C(C#N)C(=O)CSc2nccn2C)N(C)c2ccccc21. The van der Waals surface area contributed by atoms with Gasteiger partial charge in [0.05, 0.1) is 17.1 Å². The summed E-state index contributed by atoms with van der Waals surface area (Å²) in [7, 11) is 5.61. The Kier molecular flexibility index (Phi) is 4.32. The first-order chi connectivity index (χ1) is 11.5. The van der Waals surface area contributed by atoms with Crippen LogP contribution in [0.5, 0.6) is 0 Å². The van der Waals surface area contributed by atoms with E-state index < -0.39 is 0 Å². The van der Waals surface area contributed by atoms with E-state index in [-0.39, 0.29) is 17.1 Å². The first-order valence-electron chi connectivity index (χ1n) is 7.38. The lowest BCUT2D eigenvalue weighted by molar-refractivity contribution is -0.112. The van der Waals surface area contributed by atoms with Gasteiger partial charge in [0, 0.05) is 33.5 Å². The van der Waals surface area contributed by atoms with Crippen LogP contribution in [0, 0.1) is 11.3 Å². The Balaban J connectivity index is 1.88. The second-order valence-electron chi connectivity index (χ2n) is 5.45. The predicted octanol–water partition coefficient (Wildman–Crippen LogP) is 2.40. The summed E-state index contributed by atoms with van der Waals surface area (Å²) < 4.78 is 1.85. The molecule has 1 aliphatic rings. The van der Waals surface area contributed by atoms with E-state index in [0.29, 0.717) is 5.82 Å². The van der Waals surface area contributed by atoms with E-state index in [1.807, 2.05) is 66.0 Å². The van der Waals surface area contributed by atoms with Crippen molar-refractivity contribution in [3.05, 3.63) is 48.1 Å². The summed E-state index contributed by atoms with van der Waals surface area (Å²) in [6.07, 6.45) is 3.51. The molecule has 0 unspecified atom stereocenters. The smallest absolute Gasteiger partial charge is 0.187 e. The van der Waals surface area contributed by atoms with Crippen molar-refractivity contribution in [2.24, 2.45) is 7.05 Å². The first kappa shape index (κ1) is 16.1. The number of carbonyl (C=O) groups is 1. The molecular weight excluding hydrogens is 322 g/mol. The fourth-order valence-electron chi connectivity index (χ4n) is 2.75. The Morgan fingerprint density at radius 3 is 2.33 bits per heavy atom. The van der Waals surface area contributed by atoms with E-state index in [1.165, 1.54) is 11.8 Å². The lowest BCUT2D eigenvalue weighted by Crippen LogP contribution is -2.26. The Bertz CT molecular complexity index is 833. The molecule has 0 saturated heterocycles. The Morgan fingerprint density at radius 2 is 1.83 bits per heavy atom. The molecule has 0 N–H and O–H groups in total. The van der Waals surface area contributed by atoms with E-state index in [1.54, 1.807) is 6.20 Å². The summed E-state index contributed by atoms with van der Waals surface area (Å²) in [5.74, 6) is 0.589. The number of Topliss-reactive ketones (excluding diaryl/α,β-unsaturated/α-hetero) is 1. The number of hydrogen-bond donors (Lipinski definition) is 0. The van der Waals surface area contributed by atoms with Gasteiger partial charge in [-0.15, -0.1) is 0 Å². The van der Waals surface area contributed by atoms with Gasteiger partial charge in [-0.05, 0) is 12.1 Å². The number of para-hydroxylation sites is 2. The maximum atomic E-state index is 12.6. The molecule has 0 atom stereocenters. The minimum Gasteiger partial charge on any atom is -0.329 e. The first-order valence-corrected chi connectivity index (χ1v) is 8.37. The zero-order valence-electron chi connectivity index (χ0n) is 13.7. The van der Waals surface area contributed by atoms with Crippen LogP contribution in [0.2, 0.25) is 0 Å². The van der Waals surface area contributed by atoms with Crippen LogP contribution < -0.4 is 9.80 Å². The number of nitrogens with zero attached hydrogens (tertiary/aromatic N) is 5. The minimum absolute atomic E-state index is 0.165. The molecule has 2 heterocycles. The molecule has 0 spiro atoms. The van der Waals surface area contributed by atoms with Crippen LogP contribution in [-0.2, 0) is 11.8 Å². The molecule has 1 aromatic carbocycles. The molecule has 0 amide bonds. The van der Waals surface area contributed by atoms with Gasteiger partial charge in [0.25, 0.3) is 0 Å². The monoisotopic (exact) mass is 339 g/mol. The number of fused-ring (bicyclic) bond motifs is 1. The molecule has 0 aliphatic carbocycles. The van der Waals surface area contributed by atoms with Crippen LogP contribution in [0.25, 0.3) is 0 Å². The third-order valence-corrected chi connectivity index (χ3v) is 5.02. The van der Waals surface area contributed by atoms with E-state index >= 15 is 0 Å². The highest BCUT2D eigenvalue weighted by Gasteiger charge is 2.31. The van der Waals surface area contributed by atoms with Gasteiger partial charge < -0.3 is 14.4 Å². The number of allylic oxidation sites excluding steroid dienone is 1. The zero-order valence-corrected chi connectivity index (χ0v) is 14.5. The minimum atomic E-state index is -0.202. The largest absolute Gasteiger partial charge is 0.329 e. The van der Waals surface area contributed by atoms with Crippen molar-refractivity contribution in [1.82, 2.24) is 9.55 Å². The lowest BCUT2D eigenvalue weighted by atomic mass is 10.2. The van der Waals surface area contributed by atoms with Crippen LogP contribution in [0.4, 0.5) is 11.4 Å². The number of rotatable bonds is 4. The number of carbonyl (C=O) groups excluding carboxylic acids is 1. The lowest BCUT2D eigenvalue weighted by Gasteiger charge is -2.19. The highest BCUT2D eigenvalue weighted by atomic mass is 32.2. The Labute approximate surface area is 145 Å². The summed E-state index contributed by atoms with van der Waals surface area (Å²) in [6, 6.07) is 9.92. The molecule has 24 heavy (non-hydrogen) atoms. The number of aryl methyl sites for hydroxylation is 1. The number of ketones is 1. The second-order valence-corrected chi connectivity index (χ2v) is 6.39. The van der Waals surface area contributed by atoms with Gasteiger partial charge in [0.1, 0.15) is 17.5 Å². The number of aromatic nitrogens is 2. The summed E-state index contributed by atoms with van der Waals surface area (Å²) >= 11 is 1.33. The number of nitriles is 1. The van der Waals surface area contributed by atoms with E-state index in [4.69, 9.17) is 0 Å². The van der Waals surface area contributed by atoms with Crippen LogP contribution >= 0.6 is 11.8 Å². The molecule has 0 bridgehead atoms. The normalized spacial score (nSPS) is 13.0. The predicted molar refractivity (Wildman–Crippen MR) is 94.8 cm³/mol. The quantitative estimate of drug-likeness (QED) is 0.484. The van der Waals surface area contributed by atoms with Crippen molar-refractivity contribution < 1.29 is 4.79 Å². The van der Waals surface area contributed by atoms with E-state index in [0.717, 1.165) is 16.5 Å². The maximum Gasteiger partial charge on any atom is 0.187 e. The number of hydrogen-bond acceptors (Lipinski definition) is 6. The third kappa shape index (κ3) is 2.65. The van der Waals surface area contributed by atoms with Gasteiger partial charge in [-0.3, -0.25) is 4.79 Å². The van der Waals surface area contributed by atoms with Gasteiger partial charge in [0.2, 0.25) is 0 Å². The van der Waals surface area contributed by atoms with Crippen LogP contribution in [0.3, 0.4) is 0 Å². The van der Waals surface area contributed by atoms with Gasteiger partial charge in [-0.2, -0.15) is 5.26 Å². The molecule has 122 valence electrons. The van der Waals surface area contributed by atoms with Gasteiger partial charge in [0.15, 0.2) is 10.9 Å². The van der Waals surface area contributed by atoms with Crippen molar-refractivity contribution in [2.45, 2.75) is 5.16 Å². The summed E-state index contributed by atoms with van der Waals surface area (Å²) in [5.41, 5.74) is 2.12. The van der Waals surface area contributed by atoms with Gasteiger partial charge in [-0.25, -0.2) is 4.98 Å². The van der Waals surface area contributed by atoms with Crippen molar-refractivity contribution >= 4 is 28.9 Å². The summed E-state index contributed by atoms with van der Waals surface area (Å²) in [4.78, 5) is 20.6. The van der Waals surface area contributed by atoms with Gasteiger partial charge >= 0.3 is 0 Å². The molecule has 3 rings (SSSR count). The zero-order chi connectivity index (χ0) is 17.3. The molecule has 2 aromatic rings. The van der Waals surface area contributed by atoms with Crippen LogP contribution in [-0.4, -0.2) is 35.2 Å². The Hall–Kier alpha value is -2.72. The molecule has 0 fully saturated rings. The van der Waals surface area contributed by atoms with Crippen molar-refractivity contribution in [2.75, 3.05) is 29.6 Å². The fourth-order valence-corrected chi connectivity index (χ4v) is 3.55. The van der Waals surface area contributed by atoms with Crippen molar-refractivity contribution in [3.63, 3.8) is 0 Å². The molecule has 0 saturated carbocycles. The third-order valence-electron chi connectivity index (χ3n) is 3.96. The fraction of sp³-hybridized carbons (Fsp3) is 0.235. The number of benzene rings is 1. The molecule has 0 radical (unpaired) electrons. The average Bonchev–Trinajstić information content (AvgIpc) is 3.10. The van der Waals surface area contributed by atoms with Crippen LogP contribution in [0.1, 0.15) is 0 Å². The van der Waals surface area contributed by atoms with Crippen molar-refractivity contribution in [3.8, 4) is 6.07 Å². The molecule has 7 heteroatoms. The molecule has 1 aliphatic heterocycles. The Morgan fingerprint density at radius 1 is 1.21 bits per heavy atom. The number of thioether (sulfide) groups is 1. The van der Waals surface area contributed by atoms with Crippen LogP contribution in [0.15, 0.2) is 53.2 Å². The average molecular weight is 339 g/mol. The van der Waals surface area contributed by atoms with Crippen molar-refractivity contribution in [1.29, 1.82) is 5.26 Å². The van der Waals surface area contributed by atoms with E-state index in [2.05, 4.69) is 11.1 Å². The highest BCUT2D eigenvalue weighted by molar-refractivity contribution is 7.99. The molecular formula is C17H17N5OS. The second kappa shape index (κ2) is 6.42. The van der Waals surface area contributed by atoms with Gasteiger partial charge in [-0.1, -0.05) is 23.9 Å². The molecule has 1 aromatic heterocycles. The summed E-state index contributed by atoms with van der Waals surface area (Å²) in [5, 5.41) is 10.3.